The summed E-state index contributed by atoms with van der Waals surface area (Å²) >= 11 is 0. The number of amides is 1. The lowest BCUT2D eigenvalue weighted by Crippen LogP contribution is -2.45. The smallest absolute Gasteiger partial charge is 0.220 e. The monoisotopic (exact) mass is 262 g/mol. The number of nitrogens with one attached hydrogen (secondary N) is 1. The Morgan fingerprint density at radius 2 is 1.84 bits per heavy atom. The Morgan fingerprint density at radius 3 is 2.32 bits per heavy atom. The molecule has 1 aromatic rings. The van der Waals surface area contributed by atoms with Gasteiger partial charge in [-0.25, -0.2) is 0 Å². The molecule has 3 nitrogen and oxygen atoms in total. The van der Waals surface area contributed by atoms with Crippen LogP contribution < -0.4 is 11.1 Å². The molecule has 106 valence electrons. The third-order valence-electron chi connectivity index (χ3n) is 3.03. The van der Waals surface area contributed by atoms with E-state index in [1.807, 2.05) is 13.8 Å². The molecule has 0 saturated heterocycles. The molecule has 0 bridgehead atoms. The van der Waals surface area contributed by atoms with Crippen molar-refractivity contribution in [2.75, 3.05) is 6.54 Å². The molecular weight excluding hydrogens is 236 g/mol. The van der Waals surface area contributed by atoms with Crippen LogP contribution in [0.15, 0.2) is 24.3 Å². The molecule has 0 saturated carbocycles. The number of aryl methyl sites for hydroxylation is 1. The van der Waals surface area contributed by atoms with Gasteiger partial charge in [0.05, 0.1) is 0 Å². The van der Waals surface area contributed by atoms with Gasteiger partial charge in [-0.15, -0.1) is 0 Å². The van der Waals surface area contributed by atoms with Gasteiger partial charge in [0.15, 0.2) is 0 Å². The highest BCUT2D eigenvalue weighted by atomic mass is 16.1. The van der Waals surface area contributed by atoms with Crippen LogP contribution >= 0.6 is 0 Å². The maximum atomic E-state index is 11.7. The lowest BCUT2D eigenvalue weighted by molar-refractivity contribution is -0.121. The zero-order valence-electron chi connectivity index (χ0n) is 12.5. The zero-order valence-corrected chi connectivity index (χ0v) is 12.5. The maximum Gasteiger partial charge on any atom is 0.220 e. The number of carbonyl (C=O) groups excluding carboxylic acids is 1. The molecule has 3 heteroatoms. The molecule has 1 rings (SSSR count). The van der Waals surface area contributed by atoms with Crippen molar-refractivity contribution in [3.05, 3.63) is 35.4 Å². The Bertz CT molecular complexity index is 402. The Kier molecular flexibility index (Phi) is 5.55. The number of nitrogens with two attached hydrogens (primary N) is 1. The van der Waals surface area contributed by atoms with Crippen molar-refractivity contribution < 1.29 is 4.79 Å². The van der Waals surface area contributed by atoms with Crippen molar-refractivity contribution in [2.24, 2.45) is 5.73 Å². The quantitative estimate of drug-likeness (QED) is 0.828. The second-order valence-corrected chi connectivity index (χ2v) is 6.16. The number of carbonyl (C=O) groups is 1. The van der Waals surface area contributed by atoms with Gasteiger partial charge in [-0.1, -0.05) is 38.1 Å². The van der Waals surface area contributed by atoms with Gasteiger partial charge in [-0.05, 0) is 37.3 Å². The fourth-order valence-corrected chi connectivity index (χ4v) is 1.74. The number of hydrogen-bond acceptors (Lipinski definition) is 2. The van der Waals surface area contributed by atoms with Crippen LogP contribution in [-0.2, 0) is 11.2 Å². The molecule has 0 unspecified atom stereocenters. The second-order valence-electron chi connectivity index (χ2n) is 6.16. The predicted molar refractivity (Wildman–Crippen MR) is 80.1 cm³/mol. The van der Waals surface area contributed by atoms with E-state index < -0.39 is 0 Å². The zero-order chi connectivity index (χ0) is 14.5. The van der Waals surface area contributed by atoms with E-state index >= 15 is 0 Å². The van der Waals surface area contributed by atoms with E-state index in [1.165, 1.54) is 11.1 Å². The highest BCUT2D eigenvalue weighted by Crippen LogP contribution is 2.15. The third kappa shape index (κ3) is 6.39. The minimum Gasteiger partial charge on any atom is -0.354 e. The van der Waals surface area contributed by atoms with E-state index in [0.29, 0.717) is 18.9 Å². The van der Waals surface area contributed by atoms with Gasteiger partial charge >= 0.3 is 0 Å². The van der Waals surface area contributed by atoms with E-state index in [1.54, 1.807) is 0 Å². The van der Waals surface area contributed by atoms with E-state index in [0.717, 1.165) is 6.42 Å². The standard InChI is InChI=1S/C16H26N2O/c1-12(2)14-8-5-13(6-9-14)7-10-15(19)18-11-16(3,4)17/h5-6,8-9,12H,7,10-11,17H2,1-4H3,(H,18,19). The van der Waals surface area contributed by atoms with Crippen molar-refractivity contribution in [3.8, 4) is 0 Å². The van der Waals surface area contributed by atoms with E-state index in [-0.39, 0.29) is 11.4 Å². The van der Waals surface area contributed by atoms with Gasteiger partial charge in [0, 0.05) is 18.5 Å². The van der Waals surface area contributed by atoms with E-state index in [4.69, 9.17) is 5.73 Å². The highest BCUT2D eigenvalue weighted by Gasteiger charge is 2.12. The van der Waals surface area contributed by atoms with Crippen LogP contribution in [0.2, 0.25) is 0 Å². The predicted octanol–water partition coefficient (Wildman–Crippen LogP) is 2.60. The summed E-state index contributed by atoms with van der Waals surface area (Å²) in [5.41, 5.74) is 8.00. The topological polar surface area (TPSA) is 55.1 Å². The second kappa shape index (κ2) is 6.71. The Hall–Kier alpha value is -1.35. The van der Waals surface area contributed by atoms with E-state index in [2.05, 4.69) is 43.4 Å². The molecule has 0 spiro atoms. The average molecular weight is 262 g/mol. The van der Waals surface area contributed by atoms with Crippen LogP contribution in [0.4, 0.5) is 0 Å². The molecule has 0 aliphatic rings. The van der Waals surface area contributed by atoms with Crippen LogP contribution in [0.1, 0.15) is 51.2 Å². The summed E-state index contributed by atoms with van der Waals surface area (Å²) in [7, 11) is 0. The first kappa shape index (κ1) is 15.7. The van der Waals surface area contributed by atoms with Crippen molar-refractivity contribution in [2.45, 2.75) is 52.0 Å². The minimum atomic E-state index is -0.353. The minimum absolute atomic E-state index is 0.0615. The summed E-state index contributed by atoms with van der Waals surface area (Å²) in [5, 5.41) is 2.86. The maximum absolute atomic E-state index is 11.7. The summed E-state index contributed by atoms with van der Waals surface area (Å²) in [6.07, 6.45) is 1.28. The van der Waals surface area contributed by atoms with Crippen LogP contribution in [0.25, 0.3) is 0 Å². The van der Waals surface area contributed by atoms with Gasteiger partial charge < -0.3 is 11.1 Å². The molecule has 0 fully saturated rings. The molecule has 0 aliphatic heterocycles. The lowest BCUT2D eigenvalue weighted by Gasteiger charge is -2.18. The van der Waals surface area contributed by atoms with Gasteiger partial charge in [-0.3, -0.25) is 4.79 Å². The number of hydrogen-bond donors (Lipinski definition) is 2. The number of rotatable bonds is 6. The Morgan fingerprint density at radius 1 is 1.26 bits per heavy atom. The Balaban J connectivity index is 2.38. The lowest BCUT2D eigenvalue weighted by atomic mass is 10.0. The first-order valence-electron chi connectivity index (χ1n) is 6.92. The fourth-order valence-electron chi connectivity index (χ4n) is 1.74. The van der Waals surface area contributed by atoms with Crippen LogP contribution in [0, 0.1) is 0 Å². The first-order valence-corrected chi connectivity index (χ1v) is 6.92. The molecule has 19 heavy (non-hydrogen) atoms. The summed E-state index contributed by atoms with van der Waals surface area (Å²) in [4.78, 5) is 11.7. The SMILES string of the molecule is CC(C)c1ccc(CCC(=O)NCC(C)(C)N)cc1. The van der Waals surface area contributed by atoms with Crippen LogP contribution in [0.5, 0.6) is 0 Å². The van der Waals surface area contributed by atoms with Crippen LogP contribution in [0.3, 0.4) is 0 Å². The summed E-state index contributed by atoms with van der Waals surface area (Å²) in [5.74, 6) is 0.607. The molecule has 0 atom stereocenters. The number of benzene rings is 1. The normalized spacial score (nSPS) is 11.7. The first-order chi connectivity index (χ1) is 8.78. The highest BCUT2D eigenvalue weighted by molar-refractivity contribution is 5.76. The van der Waals surface area contributed by atoms with Gasteiger partial charge in [0.2, 0.25) is 5.91 Å². The molecule has 3 N–H and O–H groups in total. The fraction of sp³-hybridized carbons (Fsp3) is 0.562. The summed E-state index contributed by atoms with van der Waals surface area (Å²) in [6, 6.07) is 8.49. The van der Waals surface area contributed by atoms with Crippen molar-refractivity contribution in [3.63, 3.8) is 0 Å². The van der Waals surface area contributed by atoms with Crippen molar-refractivity contribution in [1.29, 1.82) is 0 Å². The molecule has 0 aromatic heterocycles. The van der Waals surface area contributed by atoms with Crippen molar-refractivity contribution in [1.82, 2.24) is 5.32 Å². The molecule has 0 aliphatic carbocycles. The van der Waals surface area contributed by atoms with Gasteiger partial charge in [0.1, 0.15) is 0 Å². The van der Waals surface area contributed by atoms with Crippen LogP contribution in [-0.4, -0.2) is 18.0 Å². The largest absolute Gasteiger partial charge is 0.354 e. The average Bonchev–Trinajstić information content (AvgIpc) is 2.33. The van der Waals surface area contributed by atoms with E-state index in [9.17, 15) is 4.79 Å². The van der Waals surface area contributed by atoms with Gasteiger partial charge in [-0.2, -0.15) is 0 Å². The third-order valence-corrected chi connectivity index (χ3v) is 3.03. The Labute approximate surface area is 116 Å². The summed E-state index contributed by atoms with van der Waals surface area (Å²) in [6.45, 7) is 8.67. The molecule has 0 heterocycles. The van der Waals surface area contributed by atoms with Crippen molar-refractivity contribution >= 4 is 5.91 Å². The molecule has 1 aromatic carbocycles. The molecule has 1 amide bonds. The van der Waals surface area contributed by atoms with Gasteiger partial charge in [0.25, 0.3) is 0 Å². The summed E-state index contributed by atoms with van der Waals surface area (Å²) < 4.78 is 0. The molecular formula is C16H26N2O. The molecule has 0 radical (unpaired) electrons.